The molecule has 1 aromatic carbocycles. The van der Waals surface area contributed by atoms with E-state index in [0.29, 0.717) is 53.7 Å². The number of hydrogen-bond donors (Lipinski definition) is 1. The first-order chi connectivity index (χ1) is 20.7. The summed E-state index contributed by atoms with van der Waals surface area (Å²) in [6.45, 7) is 9.36. The number of sulfone groups is 1. The Bertz CT molecular complexity index is 1480. The second-order valence-electron chi connectivity index (χ2n) is 10.1. The van der Waals surface area contributed by atoms with E-state index in [-0.39, 0.29) is 22.5 Å². The molecule has 1 fully saturated rings. The summed E-state index contributed by atoms with van der Waals surface area (Å²) in [6.07, 6.45) is 0.775. The molecule has 3 heterocycles. The third kappa shape index (κ3) is 8.92. The van der Waals surface area contributed by atoms with E-state index in [1.54, 1.807) is 12.1 Å². The van der Waals surface area contributed by atoms with Crippen molar-refractivity contribution in [2.45, 2.75) is 37.7 Å². The number of fused-ring (bicyclic) bond motifs is 1. The van der Waals surface area contributed by atoms with Crippen LogP contribution >= 0.6 is 11.3 Å². The third-order valence-corrected chi connectivity index (χ3v) is 9.84. The van der Waals surface area contributed by atoms with Crippen molar-refractivity contribution in [2.75, 3.05) is 76.1 Å². The summed E-state index contributed by atoms with van der Waals surface area (Å²) in [5, 5.41) is 7.36. The Morgan fingerprint density at radius 3 is 2.58 bits per heavy atom. The van der Waals surface area contributed by atoms with Gasteiger partial charge in [0.2, 0.25) is 0 Å². The van der Waals surface area contributed by atoms with Crippen LogP contribution < -0.4 is 10.2 Å². The van der Waals surface area contributed by atoms with Crippen molar-refractivity contribution in [1.29, 1.82) is 0 Å². The number of nitrogens with zero attached hydrogens (tertiary/aromatic N) is 5. The lowest BCUT2D eigenvalue weighted by molar-refractivity contribution is -0.110. The highest BCUT2D eigenvalue weighted by atomic mass is 32.2. The van der Waals surface area contributed by atoms with Gasteiger partial charge in [0.25, 0.3) is 5.91 Å². The van der Waals surface area contributed by atoms with Crippen LogP contribution in [-0.2, 0) is 28.9 Å². The summed E-state index contributed by atoms with van der Waals surface area (Å²) >= 11 is 1.27. The van der Waals surface area contributed by atoms with Crippen molar-refractivity contribution in [2.24, 2.45) is 5.16 Å². The number of ether oxygens (including phenoxy) is 2. The van der Waals surface area contributed by atoms with Gasteiger partial charge in [-0.25, -0.2) is 18.4 Å². The summed E-state index contributed by atoms with van der Waals surface area (Å²) in [5.41, 5.74) is 1.07. The summed E-state index contributed by atoms with van der Waals surface area (Å²) in [4.78, 5) is 33.7. The van der Waals surface area contributed by atoms with Gasteiger partial charge in [-0.2, -0.15) is 0 Å². The standard InChI is InChI=1S/C29H40N6O6S2/c1-5-35(6-2)16-15-34(3)25-13-12-24-28(31-25)42-29(30-24)32-27(36)26(33-41-22-14-18-40-20-22)21-8-10-23(11-9-21)43(37,38)19-7-17-39-4/h8-13,22H,5-7,14-20H2,1-4H3,(H,30,32,36)/t22-/m1/s1. The summed E-state index contributed by atoms with van der Waals surface area (Å²) in [7, 11) is 0.0466. The van der Waals surface area contributed by atoms with Crippen LogP contribution in [0.5, 0.6) is 0 Å². The predicted molar refractivity (Wildman–Crippen MR) is 169 cm³/mol. The molecule has 0 saturated carbocycles. The van der Waals surface area contributed by atoms with Gasteiger partial charge >= 0.3 is 0 Å². The number of rotatable bonds is 16. The smallest absolute Gasteiger partial charge is 0.280 e. The molecule has 43 heavy (non-hydrogen) atoms. The van der Waals surface area contributed by atoms with Crippen LogP contribution in [0.3, 0.4) is 0 Å². The Balaban J connectivity index is 1.51. The molecule has 4 rings (SSSR count). The minimum atomic E-state index is -3.49. The van der Waals surface area contributed by atoms with Gasteiger partial charge < -0.3 is 24.1 Å². The molecule has 1 saturated heterocycles. The number of methoxy groups -OCH3 is 1. The number of carbonyl (C=O) groups excluding carboxylic acids is 1. The Labute approximate surface area is 256 Å². The molecular weight excluding hydrogens is 592 g/mol. The number of amides is 1. The molecule has 0 radical (unpaired) electrons. The molecule has 234 valence electrons. The normalized spacial score (nSPS) is 15.7. The molecule has 2 aromatic heterocycles. The van der Waals surface area contributed by atoms with Gasteiger partial charge in [0.05, 0.1) is 23.9 Å². The van der Waals surface area contributed by atoms with Gasteiger partial charge in [-0.05, 0) is 43.8 Å². The molecule has 0 unspecified atom stereocenters. The Hall–Kier alpha value is -3.17. The van der Waals surface area contributed by atoms with E-state index in [2.05, 4.69) is 39.1 Å². The number of hydrogen-bond acceptors (Lipinski definition) is 12. The van der Waals surface area contributed by atoms with Crippen molar-refractivity contribution >= 4 is 54.1 Å². The second kappa shape index (κ2) is 15.5. The fourth-order valence-corrected chi connectivity index (χ4v) is 6.57. The van der Waals surface area contributed by atoms with E-state index in [0.717, 1.165) is 32.0 Å². The molecule has 3 aromatic rings. The van der Waals surface area contributed by atoms with Crippen molar-refractivity contribution in [3.05, 3.63) is 42.0 Å². The fraction of sp³-hybridized carbons (Fsp3) is 0.517. The van der Waals surface area contributed by atoms with Gasteiger partial charge in [0, 0.05) is 45.8 Å². The molecule has 0 bridgehead atoms. The first-order valence-electron chi connectivity index (χ1n) is 14.4. The van der Waals surface area contributed by atoms with Crippen LogP contribution in [0.25, 0.3) is 10.3 Å². The zero-order valence-electron chi connectivity index (χ0n) is 25.1. The van der Waals surface area contributed by atoms with Crippen LogP contribution in [0.1, 0.15) is 32.3 Å². The van der Waals surface area contributed by atoms with Gasteiger partial charge in [0.15, 0.2) is 26.8 Å². The number of anilines is 2. The Kier molecular flexibility index (Phi) is 11.8. The molecular formula is C29H40N6O6S2. The minimum Gasteiger partial charge on any atom is -0.389 e. The first kappa shape index (κ1) is 32.7. The van der Waals surface area contributed by atoms with Crippen molar-refractivity contribution < 1.29 is 27.5 Å². The number of benzene rings is 1. The van der Waals surface area contributed by atoms with E-state index in [4.69, 9.17) is 19.3 Å². The number of thiazole rings is 1. The van der Waals surface area contributed by atoms with Gasteiger partial charge in [-0.15, -0.1) is 0 Å². The molecule has 1 aliphatic heterocycles. The predicted octanol–water partition coefficient (Wildman–Crippen LogP) is 3.43. The van der Waals surface area contributed by atoms with E-state index in [1.165, 1.54) is 30.6 Å². The monoisotopic (exact) mass is 632 g/mol. The van der Waals surface area contributed by atoms with Crippen LogP contribution in [0.15, 0.2) is 46.4 Å². The number of aromatic nitrogens is 2. The van der Waals surface area contributed by atoms with E-state index >= 15 is 0 Å². The SMILES string of the molecule is CCN(CC)CCN(C)c1ccc2nc(NC(=O)C(=NO[C@@H]3CCOC3)c3ccc(S(=O)(=O)CCCOC)cc3)sc2n1. The molecule has 0 spiro atoms. The molecule has 12 nitrogen and oxygen atoms in total. The van der Waals surface area contributed by atoms with Gasteiger partial charge in [-0.3, -0.25) is 10.1 Å². The van der Waals surface area contributed by atoms with Crippen LogP contribution in [-0.4, -0.2) is 107 Å². The van der Waals surface area contributed by atoms with Gasteiger partial charge in [0.1, 0.15) is 16.2 Å². The van der Waals surface area contributed by atoms with E-state index in [9.17, 15) is 13.2 Å². The lowest BCUT2D eigenvalue weighted by Crippen LogP contribution is -2.33. The number of likely N-dealkylation sites (N-methyl/N-ethyl adjacent to an activating group) is 2. The summed E-state index contributed by atoms with van der Waals surface area (Å²) in [5.74, 6) is 0.254. The zero-order valence-corrected chi connectivity index (χ0v) is 26.7. The van der Waals surface area contributed by atoms with Crippen molar-refractivity contribution in [3.8, 4) is 0 Å². The maximum absolute atomic E-state index is 13.5. The van der Waals surface area contributed by atoms with Crippen molar-refractivity contribution in [1.82, 2.24) is 14.9 Å². The first-order valence-corrected chi connectivity index (χ1v) is 16.9. The van der Waals surface area contributed by atoms with E-state index < -0.39 is 15.7 Å². The third-order valence-electron chi connectivity index (χ3n) is 7.14. The topological polar surface area (TPSA) is 136 Å². The highest BCUT2D eigenvalue weighted by molar-refractivity contribution is 7.91. The highest BCUT2D eigenvalue weighted by Crippen LogP contribution is 2.27. The van der Waals surface area contributed by atoms with Crippen molar-refractivity contribution in [3.63, 3.8) is 0 Å². The number of carbonyl (C=O) groups is 1. The molecule has 1 amide bonds. The quantitative estimate of drug-likeness (QED) is 0.142. The number of nitrogens with one attached hydrogen (secondary N) is 1. The maximum Gasteiger partial charge on any atom is 0.280 e. The Morgan fingerprint density at radius 2 is 1.91 bits per heavy atom. The van der Waals surface area contributed by atoms with Crippen LogP contribution in [0, 0.1) is 0 Å². The average molecular weight is 633 g/mol. The molecule has 0 aliphatic carbocycles. The average Bonchev–Trinajstić information content (AvgIpc) is 3.67. The summed E-state index contributed by atoms with van der Waals surface area (Å²) < 4.78 is 35.7. The molecule has 1 N–H and O–H groups in total. The fourth-order valence-electron chi connectivity index (χ4n) is 4.46. The minimum absolute atomic E-state index is 0.000675. The van der Waals surface area contributed by atoms with Gasteiger partial charge in [-0.1, -0.05) is 42.5 Å². The highest BCUT2D eigenvalue weighted by Gasteiger charge is 2.23. The number of pyridine rings is 1. The Morgan fingerprint density at radius 1 is 1.14 bits per heavy atom. The van der Waals surface area contributed by atoms with E-state index in [1.807, 2.05) is 19.2 Å². The lowest BCUT2D eigenvalue weighted by atomic mass is 10.1. The largest absolute Gasteiger partial charge is 0.389 e. The van der Waals surface area contributed by atoms with Crippen LogP contribution in [0.4, 0.5) is 10.9 Å². The summed E-state index contributed by atoms with van der Waals surface area (Å²) in [6, 6.07) is 9.86. The lowest BCUT2D eigenvalue weighted by Gasteiger charge is -2.23. The number of oxime groups is 1. The molecule has 1 aliphatic rings. The maximum atomic E-state index is 13.5. The molecule has 14 heteroatoms. The zero-order chi connectivity index (χ0) is 30.8. The molecule has 1 atom stereocenters. The van der Waals surface area contributed by atoms with Crippen LogP contribution in [0.2, 0.25) is 0 Å². The second-order valence-corrected chi connectivity index (χ2v) is 13.2.